The first kappa shape index (κ1) is 38.4. The van der Waals surface area contributed by atoms with Crippen molar-refractivity contribution >= 4 is 35.8 Å². The summed E-state index contributed by atoms with van der Waals surface area (Å²) in [5.74, 6) is -1.83. The van der Waals surface area contributed by atoms with E-state index in [-0.39, 0.29) is 5.91 Å². The van der Waals surface area contributed by atoms with Crippen LogP contribution in [0, 0.1) is 0 Å². The van der Waals surface area contributed by atoms with Crippen LogP contribution in [0.25, 0.3) is 0 Å². The van der Waals surface area contributed by atoms with Crippen LogP contribution < -0.4 is 20.8 Å². The van der Waals surface area contributed by atoms with Gasteiger partial charge in [0.25, 0.3) is 0 Å². The van der Waals surface area contributed by atoms with E-state index in [9.17, 15) is 4.79 Å². The summed E-state index contributed by atoms with van der Waals surface area (Å²) in [7, 11) is 4.23. The predicted molar refractivity (Wildman–Crippen MR) is 171 cm³/mol. The second-order valence-electron chi connectivity index (χ2n) is 9.18. The summed E-state index contributed by atoms with van der Waals surface area (Å²) in [5, 5.41) is 25.7. The molecular formula is C30H47N5O6S. The largest absolute Gasteiger partial charge is 0.493 e. The van der Waals surface area contributed by atoms with Crippen LogP contribution in [-0.2, 0) is 14.4 Å². The number of benzene rings is 1. The molecule has 0 radical (unpaired) electrons. The molecule has 0 atom stereocenters. The van der Waals surface area contributed by atoms with Gasteiger partial charge in [-0.25, -0.2) is 15.0 Å². The monoisotopic (exact) mass is 605 g/mol. The number of aliphatic carboxylic acids is 2. The third-order valence-corrected chi connectivity index (χ3v) is 6.04. The molecule has 1 aromatic rings. The number of hydrazone groups is 1. The number of nitrogens with zero attached hydrogens (tertiary/aromatic N) is 2. The first-order chi connectivity index (χ1) is 20.1. The minimum Gasteiger partial charge on any atom is -0.493 e. The van der Waals surface area contributed by atoms with Crippen molar-refractivity contribution in [2.45, 2.75) is 39.5 Å². The van der Waals surface area contributed by atoms with E-state index in [0.717, 1.165) is 49.0 Å². The number of thioether (sulfide) groups is 1. The summed E-state index contributed by atoms with van der Waals surface area (Å²) in [5.41, 5.74) is 4.65. The standard InChI is InChI=1S/C28H45N5O2S.C2H2O4/c1-5-13-26(30-24-29-18-10-7-11-19-33(3)4)15-12-14-25(2)22-31-32-28(34)23-36-21-20-35-27-16-8-6-9-17-27;3-1(4)2(5)6/h5-6,8-9,13-17,22,29-30H,7,10-12,18-21,23-24H2,1-4H3,(H,32,34);(H,3,4)(H,5,6)/b13-5-,25-14+,26-15?,31-22+;. The van der Waals surface area contributed by atoms with Crippen molar-refractivity contribution < 1.29 is 29.3 Å². The van der Waals surface area contributed by atoms with E-state index in [1.54, 1.807) is 6.21 Å². The van der Waals surface area contributed by atoms with Crippen molar-refractivity contribution in [2.24, 2.45) is 5.10 Å². The highest BCUT2D eigenvalue weighted by atomic mass is 32.2. The number of carboxylic acid groups (broad SMARTS) is 2. The van der Waals surface area contributed by atoms with Crippen LogP contribution in [0.4, 0.5) is 0 Å². The molecule has 0 unspecified atom stereocenters. The highest BCUT2D eigenvalue weighted by Crippen LogP contribution is 2.09. The number of carbonyl (C=O) groups excluding carboxylic acids is 1. The molecule has 0 aliphatic heterocycles. The third kappa shape index (κ3) is 25.4. The number of amides is 1. The Morgan fingerprint density at radius 1 is 1.05 bits per heavy atom. The highest BCUT2D eigenvalue weighted by Gasteiger charge is 2.04. The molecule has 0 saturated heterocycles. The topological polar surface area (TPSA) is 153 Å². The Balaban J connectivity index is 0.00000252. The van der Waals surface area contributed by atoms with E-state index in [2.05, 4.69) is 58.4 Å². The highest BCUT2D eigenvalue weighted by molar-refractivity contribution is 7.99. The maximum Gasteiger partial charge on any atom is 0.414 e. The molecule has 1 amide bonds. The maximum atomic E-state index is 11.9. The number of para-hydroxylation sites is 1. The van der Waals surface area contributed by atoms with Gasteiger partial charge in [-0.1, -0.05) is 42.8 Å². The Morgan fingerprint density at radius 3 is 2.40 bits per heavy atom. The number of carbonyl (C=O) groups is 3. The van der Waals surface area contributed by atoms with Gasteiger partial charge in [-0.05, 0) is 84.1 Å². The van der Waals surface area contributed by atoms with Crippen molar-refractivity contribution in [2.75, 3.05) is 52.0 Å². The van der Waals surface area contributed by atoms with Gasteiger partial charge in [-0.15, -0.1) is 11.8 Å². The van der Waals surface area contributed by atoms with Crippen molar-refractivity contribution in [3.8, 4) is 5.75 Å². The molecule has 5 N–H and O–H groups in total. The predicted octanol–water partition coefficient (Wildman–Crippen LogP) is 3.72. The fraction of sp³-hybridized carbons (Fsp3) is 0.467. The zero-order chi connectivity index (χ0) is 31.4. The number of rotatable bonds is 20. The third-order valence-electron chi connectivity index (χ3n) is 5.11. The number of unbranched alkanes of at least 4 members (excludes halogenated alkanes) is 2. The van der Waals surface area contributed by atoms with Gasteiger partial charge in [0.1, 0.15) is 5.75 Å². The van der Waals surface area contributed by atoms with E-state index in [1.165, 1.54) is 31.0 Å². The van der Waals surface area contributed by atoms with E-state index in [1.807, 2.05) is 50.3 Å². The van der Waals surface area contributed by atoms with Gasteiger partial charge in [-0.3, -0.25) is 4.79 Å². The van der Waals surface area contributed by atoms with E-state index in [0.29, 0.717) is 12.4 Å². The molecule has 42 heavy (non-hydrogen) atoms. The van der Waals surface area contributed by atoms with Crippen LogP contribution in [0.15, 0.2) is 71.0 Å². The number of ether oxygens (including phenoxy) is 1. The molecule has 12 heteroatoms. The fourth-order valence-corrected chi connectivity index (χ4v) is 3.64. The van der Waals surface area contributed by atoms with Crippen molar-refractivity contribution in [1.29, 1.82) is 0 Å². The second kappa shape index (κ2) is 26.3. The van der Waals surface area contributed by atoms with Gasteiger partial charge >= 0.3 is 11.9 Å². The average Bonchev–Trinajstić information content (AvgIpc) is 2.95. The summed E-state index contributed by atoms with van der Waals surface area (Å²) in [6.45, 7) is 7.47. The summed E-state index contributed by atoms with van der Waals surface area (Å²) in [6.07, 6.45) is 14.5. The van der Waals surface area contributed by atoms with Gasteiger partial charge in [-0.2, -0.15) is 5.10 Å². The first-order valence-electron chi connectivity index (χ1n) is 13.8. The molecule has 0 saturated carbocycles. The average molecular weight is 606 g/mol. The lowest BCUT2D eigenvalue weighted by molar-refractivity contribution is -0.159. The molecule has 0 aromatic heterocycles. The fourth-order valence-electron chi connectivity index (χ4n) is 3.05. The molecule has 234 valence electrons. The van der Waals surface area contributed by atoms with Crippen molar-refractivity contribution in [3.63, 3.8) is 0 Å². The number of hydrogen-bond donors (Lipinski definition) is 5. The summed E-state index contributed by atoms with van der Waals surface area (Å²) in [4.78, 5) is 32.3. The SMILES string of the molecule is C/C=C\C(=CC/C=C(C)/C=N/NC(=O)CSCCOc1ccccc1)NCNCCCCCN(C)C.O=C(O)C(=O)O. The minimum atomic E-state index is -1.82. The summed E-state index contributed by atoms with van der Waals surface area (Å²) < 4.78 is 5.61. The number of hydrogen-bond acceptors (Lipinski definition) is 9. The van der Waals surface area contributed by atoms with Gasteiger partial charge in [0, 0.05) is 17.7 Å². The quantitative estimate of drug-likeness (QED) is 0.0371. The lowest BCUT2D eigenvalue weighted by Gasteiger charge is -2.10. The van der Waals surface area contributed by atoms with Gasteiger partial charge in [0.05, 0.1) is 19.0 Å². The molecule has 0 fully saturated rings. The summed E-state index contributed by atoms with van der Waals surface area (Å²) in [6, 6.07) is 9.67. The molecule has 1 aromatic carbocycles. The molecule has 0 aliphatic rings. The Kier molecular flexibility index (Phi) is 24.0. The lowest BCUT2D eigenvalue weighted by atomic mass is 10.2. The Labute approximate surface area is 254 Å². The van der Waals surface area contributed by atoms with Crippen molar-refractivity contribution in [1.82, 2.24) is 21.0 Å². The van der Waals surface area contributed by atoms with E-state index < -0.39 is 11.9 Å². The molecule has 11 nitrogen and oxygen atoms in total. The first-order valence-corrected chi connectivity index (χ1v) is 14.9. The van der Waals surface area contributed by atoms with E-state index >= 15 is 0 Å². The smallest absolute Gasteiger partial charge is 0.414 e. The Morgan fingerprint density at radius 2 is 1.76 bits per heavy atom. The van der Waals surface area contributed by atoms with E-state index in [4.69, 9.17) is 24.5 Å². The molecule has 0 bridgehead atoms. The van der Waals surface area contributed by atoms with Gasteiger partial charge in [0.15, 0.2) is 0 Å². The van der Waals surface area contributed by atoms with Gasteiger partial charge in [0.2, 0.25) is 5.91 Å². The normalized spacial score (nSPS) is 11.8. The molecule has 0 spiro atoms. The van der Waals surface area contributed by atoms with Crippen LogP contribution >= 0.6 is 11.8 Å². The summed E-state index contributed by atoms with van der Waals surface area (Å²) >= 11 is 1.52. The second-order valence-corrected chi connectivity index (χ2v) is 10.3. The minimum absolute atomic E-state index is 0.117. The number of carboxylic acids is 2. The van der Waals surface area contributed by atoms with Crippen LogP contribution in [0.2, 0.25) is 0 Å². The molecule has 0 aliphatic carbocycles. The van der Waals surface area contributed by atoms with Crippen LogP contribution in [0.5, 0.6) is 5.75 Å². The van der Waals surface area contributed by atoms with Gasteiger partial charge < -0.3 is 30.5 Å². The molecule has 0 heterocycles. The van der Waals surface area contributed by atoms with Crippen LogP contribution in [0.3, 0.4) is 0 Å². The molecular weight excluding hydrogens is 558 g/mol. The Bertz CT molecular complexity index is 1000. The number of nitrogens with one attached hydrogen (secondary N) is 3. The van der Waals surface area contributed by atoms with Crippen LogP contribution in [0.1, 0.15) is 39.5 Å². The van der Waals surface area contributed by atoms with Crippen molar-refractivity contribution in [3.05, 3.63) is 65.9 Å². The molecule has 1 rings (SSSR count). The zero-order valence-electron chi connectivity index (χ0n) is 25.2. The van der Waals surface area contributed by atoms with Crippen LogP contribution in [-0.4, -0.2) is 91.1 Å². The number of allylic oxidation sites excluding steroid dienone is 5. The Hall–Kier alpha value is -3.61. The maximum absolute atomic E-state index is 11.9. The zero-order valence-corrected chi connectivity index (χ0v) is 26.0. The lowest BCUT2D eigenvalue weighted by Crippen LogP contribution is -2.28.